The Bertz CT molecular complexity index is 889. The summed E-state index contributed by atoms with van der Waals surface area (Å²) < 4.78 is 0. The molecule has 2 aliphatic rings. The van der Waals surface area contributed by atoms with Gasteiger partial charge in [-0.2, -0.15) is 4.98 Å². The highest BCUT2D eigenvalue weighted by molar-refractivity contribution is 6.03. The van der Waals surface area contributed by atoms with Gasteiger partial charge >= 0.3 is 0 Å². The molecule has 0 bridgehead atoms. The molecule has 2 aromatic rings. The van der Waals surface area contributed by atoms with Gasteiger partial charge in [0.05, 0.1) is 11.3 Å². The van der Waals surface area contributed by atoms with Crippen molar-refractivity contribution >= 4 is 29.6 Å². The third-order valence-corrected chi connectivity index (χ3v) is 5.32. The molecular formula is C21H25N5O2. The first-order chi connectivity index (χ1) is 13.4. The summed E-state index contributed by atoms with van der Waals surface area (Å²) in [5.74, 6) is 1.28. The number of hydrogen-bond donors (Lipinski definition) is 1. The van der Waals surface area contributed by atoms with Crippen molar-refractivity contribution in [3.63, 3.8) is 0 Å². The molecule has 1 N–H and O–H groups in total. The highest BCUT2D eigenvalue weighted by Gasteiger charge is 2.35. The van der Waals surface area contributed by atoms with Crippen LogP contribution in [-0.2, 0) is 11.2 Å². The number of nitrogens with zero attached hydrogens (tertiary/aromatic N) is 4. The Hall–Kier alpha value is -2.96. The Balaban J connectivity index is 1.73. The smallest absolute Gasteiger partial charge is 0.227 e. The van der Waals surface area contributed by atoms with Crippen LogP contribution < -0.4 is 10.2 Å². The third-order valence-electron chi connectivity index (χ3n) is 5.32. The maximum Gasteiger partial charge on any atom is 0.227 e. The molecule has 0 radical (unpaired) electrons. The van der Waals surface area contributed by atoms with Gasteiger partial charge in [-0.05, 0) is 24.0 Å². The lowest BCUT2D eigenvalue weighted by Gasteiger charge is -2.35. The van der Waals surface area contributed by atoms with Crippen LogP contribution in [0.25, 0.3) is 0 Å². The summed E-state index contributed by atoms with van der Waals surface area (Å²) in [7, 11) is 0. The molecule has 1 aliphatic heterocycles. The molecule has 1 aromatic carbocycles. The highest BCUT2D eigenvalue weighted by atomic mass is 16.1. The number of nitrogens with one attached hydrogen (secondary N) is 1. The van der Waals surface area contributed by atoms with E-state index in [1.165, 1.54) is 0 Å². The monoisotopic (exact) mass is 379 g/mol. The molecule has 0 unspecified atom stereocenters. The zero-order chi connectivity index (χ0) is 19.7. The maximum absolute atomic E-state index is 12.9. The van der Waals surface area contributed by atoms with E-state index in [2.05, 4.69) is 24.1 Å². The van der Waals surface area contributed by atoms with E-state index in [1.807, 2.05) is 30.3 Å². The summed E-state index contributed by atoms with van der Waals surface area (Å²) >= 11 is 0. The number of anilines is 3. The van der Waals surface area contributed by atoms with Crippen molar-refractivity contribution in [2.45, 2.75) is 26.7 Å². The molecule has 7 heteroatoms. The molecule has 7 nitrogen and oxygen atoms in total. The molecule has 1 amide bonds. The van der Waals surface area contributed by atoms with E-state index in [9.17, 15) is 9.59 Å². The fourth-order valence-electron chi connectivity index (χ4n) is 3.87. The first-order valence-electron chi connectivity index (χ1n) is 9.66. The van der Waals surface area contributed by atoms with Crippen LogP contribution >= 0.6 is 0 Å². The average molecular weight is 379 g/mol. The number of fused-ring (bicyclic) bond motifs is 1. The van der Waals surface area contributed by atoms with Gasteiger partial charge in [-0.25, -0.2) is 4.98 Å². The second-order valence-electron chi connectivity index (χ2n) is 8.25. The van der Waals surface area contributed by atoms with E-state index in [0.29, 0.717) is 49.9 Å². The van der Waals surface area contributed by atoms with Crippen LogP contribution in [0.15, 0.2) is 30.3 Å². The Labute approximate surface area is 164 Å². The van der Waals surface area contributed by atoms with Gasteiger partial charge in [0.25, 0.3) is 0 Å². The van der Waals surface area contributed by atoms with Crippen molar-refractivity contribution in [1.29, 1.82) is 0 Å². The molecular weight excluding hydrogens is 354 g/mol. The number of ketones is 1. The lowest BCUT2D eigenvalue weighted by Crippen LogP contribution is -2.46. The van der Waals surface area contributed by atoms with Crippen LogP contribution in [0.1, 0.15) is 36.3 Å². The number of Topliss-reactive ketones (excluding diaryl/α,β-unsaturated/α-hetero) is 1. The molecule has 0 saturated carbocycles. The van der Waals surface area contributed by atoms with Crippen molar-refractivity contribution < 1.29 is 9.59 Å². The quantitative estimate of drug-likeness (QED) is 0.823. The fraction of sp³-hybridized carbons (Fsp3) is 0.429. The highest BCUT2D eigenvalue weighted by Crippen LogP contribution is 2.38. The zero-order valence-electron chi connectivity index (χ0n) is 16.3. The van der Waals surface area contributed by atoms with Gasteiger partial charge in [-0.1, -0.05) is 32.0 Å². The van der Waals surface area contributed by atoms with Crippen molar-refractivity contribution in [2.75, 3.05) is 36.4 Å². The SMILES string of the molecule is CC1(C)CC(=O)c2c(nc(N3CCN(C=O)CC3)nc2Nc2ccccc2)C1. The van der Waals surface area contributed by atoms with Gasteiger partial charge in [0.2, 0.25) is 12.4 Å². The first kappa shape index (κ1) is 18.4. The number of amides is 1. The van der Waals surface area contributed by atoms with Crippen LogP contribution in [0.2, 0.25) is 0 Å². The molecule has 146 valence electrons. The van der Waals surface area contributed by atoms with Crippen molar-refractivity contribution in [3.8, 4) is 0 Å². The van der Waals surface area contributed by atoms with E-state index in [1.54, 1.807) is 4.90 Å². The van der Waals surface area contributed by atoms with Gasteiger partial charge in [-0.3, -0.25) is 9.59 Å². The van der Waals surface area contributed by atoms with Gasteiger partial charge in [0.15, 0.2) is 5.78 Å². The van der Waals surface area contributed by atoms with Crippen LogP contribution in [0.3, 0.4) is 0 Å². The van der Waals surface area contributed by atoms with Gasteiger partial charge in [-0.15, -0.1) is 0 Å². The number of carbonyl (C=O) groups is 2. The topological polar surface area (TPSA) is 78.4 Å². The predicted molar refractivity (Wildman–Crippen MR) is 108 cm³/mol. The lowest BCUT2D eigenvalue weighted by atomic mass is 9.75. The molecule has 0 spiro atoms. The van der Waals surface area contributed by atoms with E-state index >= 15 is 0 Å². The summed E-state index contributed by atoms with van der Waals surface area (Å²) in [5, 5.41) is 3.32. The van der Waals surface area contributed by atoms with Crippen LogP contribution in [0.5, 0.6) is 0 Å². The van der Waals surface area contributed by atoms with Crippen LogP contribution in [0, 0.1) is 5.41 Å². The van der Waals surface area contributed by atoms with E-state index in [4.69, 9.17) is 9.97 Å². The minimum Gasteiger partial charge on any atom is -0.342 e. The molecule has 28 heavy (non-hydrogen) atoms. The molecule has 1 aromatic heterocycles. The number of aromatic nitrogens is 2. The van der Waals surface area contributed by atoms with Crippen LogP contribution in [-0.4, -0.2) is 53.2 Å². The first-order valence-corrected chi connectivity index (χ1v) is 9.66. The summed E-state index contributed by atoms with van der Waals surface area (Å²) in [4.78, 5) is 37.2. The largest absolute Gasteiger partial charge is 0.342 e. The molecule has 1 fully saturated rings. The Morgan fingerprint density at radius 2 is 1.75 bits per heavy atom. The zero-order valence-corrected chi connectivity index (χ0v) is 16.3. The number of piperazine rings is 1. The predicted octanol–water partition coefficient (Wildman–Crippen LogP) is 2.65. The number of hydrogen-bond acceptors (Lipinski definition) is 6. The fourth-order valence-corrected chi connectivity index (χ4v) is 3.87. The Morgan fingerprint density at radius 1 is 1.04 bits per heavy atom. The number of carbonyl (C=O) groups excluding carboxylic acids is 2. The molecule has 2 heterocycles. The van der Waals surface area contributed by atoms with Crippen molar-refractivity contribution in [2.24, 2.45) is 5.41 Å². The van der Waals surface area contributed by atoms with E-state index in [-0.39, 0.29) is 11.2 Å². The second-order valence-corrected chi connectivity index (χ2v) is 8.25. The molecule has 0 atom stereocenters. The summed E-state index contributed by atoms with van der Waals surface area (Å²) in [5.41, 5.74) is 2.19. The van der Waals surface area contributed by atoms with Gasteiger partial charge in [0.1, 0.15) is 5.82 Å². The van der Waals surface area contributed by atoms with E-state index in [0.717, 1.165) is 24.2 Å². The normalized spacial score (nSPS) is 18.6. The molecule has 4 rings (SSSR count). The Morgan fingerprint density at radius 3 is 2.43 bits per heavy atom. The third kappa shape index (κ3) is 3.69. The molecule has 1 saturated heterocycles. The number of benzene rings is 1. The summed E-state index contributed by atoms with van der Waals surface area (Å²) in [6, 6.07) is 9.75. The second kappa shape index (κ2) is 7.22. The number of rotatable bonds is 4. The minimum absolute atomic E-state index is 0.0852. The summed E-state index contributed by atoms with van der Waals surface area (Å²) in [6.45, 7) is 6.86. The maximum atomic E-state index is 12.9. The van der Waals surface area contributed by atoms with E-state index < -0.39 is 0 Å². The minimum atomic E-state index is -0.115. The van der Waals surface area contributed by atoms with Crippen molar-refractivity contribution in [3.05, 3.63) is 41.6 Å². The summed E-state index contributed by atoms with van der Waals surface area (Å²) in [6.07, 6.45) is 2.11. The molecule has 1 aliphatic carbocycles. The number of para-hydroxylation sites is 1. The average Bonchev–Trinajstić information content (AvgIpc) is 2.67. The standard InChI is InChI=1S/C21H25N5O2/c1-21(2)12-16-18(17(28)13-21)19(22-15-6-4-3-5-7-15)24-20(23-16)26-10-8-25(14-27)9-11-26/h3-7,14H,8-13H2,1-2H3,(H,22,23,24). The van der Waals surface area contributed by atoms with Crippen LogP contribution in [0.4, 0.5) is 17.5 Å². The van der Waals surface area contributed by atoms with Crippen molar-refractivity contribution in [1.82, 2.24) is 14.9 Å². The van der Waals surface area contributed by atoms with Gasteiger partial charge < -0.3 is 15.1 Å². The van der Waals surface area contributed by atoms with Gasteiger partial charge in [0, 0.05) is 38.3 Å². The Kier molecular flexibility index (Phi) is 4.75. The lowest BCUT2D eigenvalue weighted by molar-refractivity contribution is -0.118.